The molecule has 7 nitrogen and oxygen atoms in total. The van der Waals surface area contributed by atoms with Crippen LogP contribution in [0.2, 0.25) is 0 Å². The number of ether oxygens (including phenoxy) is 2. The lowest BCUT2D eigenvalue weighted by molar-refractivity contribution is -0.0346. The quantitative estimate of drug-likeness (QED) is 0.340. The Morgan fingerprint density at radius 1 is 1.19 bits per heavy atom. The molecule has 0 amide bonds. The average molecular weight is 505 g/mol. The van der Waals surface area contributed by atoms with Gasteiger partial charge in [-0.25, -0.2) is 4.79 Å². The first-order valence-corrected chi connectivity index (χ1v) is 12.8. The van der Waals surface area contributed by atoms with Gasteiger partial charge >= 0.3 is 6.16 Å². The van der Waals surface area contributed by atoms with Gasteiger partial charge in [0.15, 0.2) is 6.23 Å². The zero-order chi connectivity index (χ0) is 25.5. The van der Waals surface area contributed by atoms with E-state index in [1.165, 1.54) is 10.5 Å². The van der Waals surface area contributed by atoms with Crippen LogP contribution in [-0.4, -0.2) is 46.7 Å². The lowest BCUT2D eigenvalue weighted by atomic mass is 10.1. The van der Waals surface area contributed by atoms with Crippen LogP contribution >= 0.6 is 11.8 Å². The number of fused-ring (bicyclic) bond motifs is 1. The minimum atomic E-state index is -0.677. The summed E-state index contributed by atoms with van der Waals surface area (Å²) >= 11 is 1.75. The van der Waals surface area contributed by atoms with Crippen molar-refractivity contribution in [1.29, 1.82) is 0 Å². The molecular weight excluding hydrogens is 472 g/mol. The van der Waals surface area contributed by atoms with Crippen molar-refractivity contribution in [3.8, 4) is 0 Å². The van der Waals surface area contributed by atoms with Gasteiger partial charge in [0.05, 0.1) is 23.4 Å². The van der Waals surface area contributed by atoms with Crippen molar-refractivity contribution >= 4 is 34.9 Å². The standard InChI is InChI=1S/C28H32N4O3S/c1-19(2)34-28(33)35-20(3)32-16-8-7-10-22(32)12-15-25-24-14-13-23(17-26(24)31-30-25)36-27-11-6-5-9-21(27)18-29-4/h5-17,19-20,22,29H,18H2,1-4H3,(H,30,31)/b15-12+. The van der Waals surface area contributed by atoms with E-state index in [4.69, 9.17) is 9.47 Å². The van der Waals surface area contributed by atoms with Gasteiger partial charge < -0.3 is 19.7 Å². The third-order valence-corrected chi connectivity index (χ3v) is 6.73. The summed E-state index contributed by atoms with van der Waals surface area (Å²) in [5.74, 6) is 0. The molecule has 2 N–H and O–H groups in total. The number of aromatic nitrogens is 2. The third-order valence-electron chi connectivity index (χ3n) is 5.62. The smallest absolute Gasteiger partial charge is 0.432 e. The number of H-pyrrole nitrogens is 1. The van der Waals surface area contributed by atoms with Gasteiger partial charge in [-0.3, -0.25) is 5.10 Å². The van der Waals surface area contributed by atoms with Gasteiger partial charge in [-0.2, -0.15) is 5.10 Å². The molecule has 0 spiro atoms. The fourth-order valence-corrected chi connectivity index (χ4v) is 4.93. The molecule has 2 atom stereocenters. The van der Waals surface area contributed by atoms with Gasteiger partial charge in [0, 0.05) is 27.9 Å². The maximum atomic E-state index is 11.9. The van der Waals surface area contributed by atoms with Crippen molar-refractivity contribution in [3.63, 3.8) is 0 Å². The first-order chi connectivity index (χ1) is 17.4. The molecule has 1 aliphatic heterocycles. The maximum Gasteiger partial charge on any atom is 0.510 e. The Kier molecular flexibility index (Phi) is 8.51. The highest BCUT2D eigenvalue weighted by atomic mass is 32.2. The number of nitrogens with zero attached hydrogens (tertiary/aromatic N) is 2. The van der Waals surface area contributed by atoms with Gasteiger partial charge in [0.1, 0.15) is 0 Å². The van der Waals surface area contributed by atoms with E-state index >= 15 is 0 Å². The van der Waals surface area contributed by atoms with Crippen molar-refractivity contribution in [3.05, 3.63) is 84.2 Å². The Bertz CT molecular complexity index is 1280. The van der Waals surface area contributed by atoms with E-state index in [1.54, 1.807) is 25.6 Å². The Morgan fingerprint density at radius 3 is 2.83 bits per heavy atom. The fraction of sp³-hybridized carbons (Fsp3) is 0.286. The first kappa shape index (κ1) is 25.6. The van der Waals surface area contributed by atoms with Crippen molar-refractivity contribution in [1.82, 2.24) is 20.4 Å². The zero-order valence-corrected chi connectivity index (χ0v) is 21.8. The first-order valence-electron chi connectivity index (χ1n) is 12.0. The van der Waals surface area contributed by atoms with Crippen molar-refractivity contribution in [2.24, 2.45) is 0 Å². The molecule has 36 heavy (non-hydrogen) atoms. The molecule has 3 aromatic rings. The molecule has 0 saturated carbocycles. The number of allylic oxidation sites excluding steroid dienone is 2. The minimum absolute atomic E-state index is 0.0953. The minimum Gasteiger partial charge on any atom is -0.432 e. The normalized spacial score (nSPS) is 16.2. The van der Waals surface area contributed by atoms with E-state index in [2.05, 4.69) is 58.0 Å². The van der Waals surface area contributed by atoms with E-state index in [9.17, 15) is 4.79 Å². The second-order valence-electron chi connectivity index (χ2n) is 8.71. The van der Waals surface area contributed by atoms with E-state index in [0.717, 1.165) is 28.0 Å². The third kappa shape index (κ3) is 6.38. The summed E-state index contributed by atoms with van der Waals surface area (Å²) in [4.78, 5) is 16.3. The molecule has 0 bridgehead atoms. The average Bonchev–Trinajstić information content (AvgIpc) is 3.26. The van der Waals surface area contributed by atoms with Crippen LogP contribution < -0.4 is 5.32 Å². The van der Waals surface area contributed by atoms with Gasteiger partial charge in [-0.1, -0.05) is 48.2 Å². The molecule has 0 fully saturated rings. The predicted octanol–water partition coefficient (Wildman–Crippen LogP) is 6.11. The summed E-state index contributed by atoms with van der Waals surface area (Å²) < 4.78 is 10.6. The van der Waals surface area contributed by atoms with Crippen LogP contribution in [0.3, 0.4) is 0 Å². The van der Waals surface area contributed by atoms with E-state index in [1.807, 2.05) is 55.5 Å². The molecule has 188 valence electrons. The van der Waals surface area contributed by atoms with Crippen LogP contribution in [0.4, 0.5) is 4.79 Å². The Balaban J connectivity index is 1.47. The summed E-state index contributed by atoms with van der Waals surface area (Å²) in [7, 11) is 1.96. The maximum absolute atomic E-state index is 11.9. The van der Waals surface area contributed by atoms with Gasteiger partial charge in [0.25, 0.3) is 0 Å². The summed E-state index contributed by atoms with van der Waals surface area (Å²) in [6, 6.07) is 14.7. The van der Waals surface area contributed by atoms with Crippen LogP contribution in [-0.2, 0) is 16.0 Å². The molecule has 0 aliphatic carbocycles. The number of hydrogen-bond acceptors (Lipinski definition) is 7. The van der Waals surface area contributed by atoms with Crippen molar-refractivity contribution in [2.45, 2.75) is 55.5 Å². The number of aromatic amines is 1. The lowest BCUT2D eigenvalue weighted by Crippen LogP contribution is -2.39. The molecular formula is C28H32N4O3S. The highest BCUT2D eigenvalue weighted by Gasteiger charge is 2.22. The van der Waals surface area contributed by atoms with Crippen molar-refractivity contribution < 1.29 is 14.3 Å². The molecule has 0 saturated heterocycles. The molecule has 2 heterocycles. The number of rotatable bonds is 9. The summed E-state index contributed by atoms with van der Waals surface area (Å²) in [5, 5.41) is 12.0. The Morgan fingerprint density at radius 2 is 2.03 bits per heavy atom. The van der Waals surface area contributed by atoms with Crippen LogP contribution in [0, 0.1) is 0 Å². The Labute approximate surface area is 216 Å². The molecule has 4 rings (SSSR count). The summed E-state index contributed by atoms with van der Waals surface area (Å²) in [5.41, 5.74) is 3.11. The number of nitrogens with one attached hydrogen (secondary N) is 2. The summed E-state index contributed by atoms with van der Waals surface area (Å²) in [6.45, 7) is 6.23. The zero-order valence-electron chi connectivity index (χ0n) is 21.0. The molecule has 0 radical (unpaired) electrons. The number of benzene rings is 2. The van der Waals surface area contributed by atoms with Crippen molar-refractivity contribution in [2.75, 3.05) is 7.05 Å². The predicted molar refractivity (Wildman–Crippen MR) is 145 cm³/mol. The monoisotopic (exact) mass is 504 g/mol. The van der Waals surface area contributed by atoms with E-state index in [0.29, 0.717) is 0 Å². The molecule has 8 heteroatoms. The van der Waals surface area contributed by atoms with Crippen LogP contribution in [0.25, 0.3) is 17.0 Å². The van der Waals surface area contributed by atoms with Gasteiger partial charge in [0.2, 0.25) is 0 Å². The topological polar surface area (TPSA) is 79.5 Å². The van der Waals surface area contributed by atoms with E-state index < -0.39 is 12.4 Å². The SMILES string of the molecule is CNCc1ccccc1Sc1ccc2c(/C=C/C3C=CC=CN3C(C)OC(=O)OC(C)C)n[nH]c2c1. The Hall–Kier alpha value is -3.49. The largest absolute Gasteiger partial charge is 0.510 e. The lowest BCUT2D eigenvalue weighted by Gasteiger charge is -2.33. The molecule has 2 unspecified atom stereocenters. The number of carbonyl (C=O) groups is 1. The highest BCUT2D eigenvalue weighted by Crippen LogP contribution is 2.33. The van der Waals surface area contributed by atoms with Gasteiger partial charge in [-0.15, -0.1) is 0 Å². The summed E-state index contributed by atoms with van der Waals surface area (Å²) in [6.07, 6.45) is 10.5. The number of hydrogen-bond donors (Lipinski definition) is 2. The molecule has 2 aromatic carbocycles. The van der Waals surface area contributed by atoms with Crippen LogP contribution in [0.1, 0.15) is 32.0 Å². The second kappa shape index (κ2) is 12.0. The van der Waals surface area contributed by atoms with Gasteiger partial charge in [-0.05, 0) is 69.8 Å². The molecule has 1 aliphatic rings. The van der Waals surface area contributed by atoms with Crippen LogP contribution in [0.15, 0.2) is 82.8 Å². The van der Waals surface area contributed by atoms with E-state index in [-0.39, 0.29) is 12.1 Å². The number of carbonyl (C=O) groups excluding carboxylic acids is 1. The fourth-order valence-electron chi connectivity index (χ4n) is 3.94. The highest BCUT2D eigenvalue weighted by molar-refractivity contribution is 7.99. The van der Waals surface area contributed by atoms with Crippen LogP contribution in [0.5, 0.6) is 0 Å². The molecule has 1 aromatic heterocycles. The second-order valence-corrected chi connectivity index (χ2v) is 9.83.